The number of carboxylic acids is 1. The third kappa shape index (κ3) is 5.94. The minimum Gasteiger partial charge on any atom is -0.478 e. The SMILES string of the molecule is N=C(CC1CCCCC1)[P+](O)(O)CC(=CC1CCCCC1)C(=O)O. The van der Waals surface area contributed by atoms with Crippen molar-refractivity contribution >= 4 is 19.1 Å². The van der Waals surface area contributed by atoms with Crippen LogP contribution in [0.15, 0.2) is 11.6 Å². The molecule has 0 unspecified atom stereocenters. The Kier molecular flexibility index (Phi) is 7.39. The summed E-state index contributed by atoms with van der Waals surface area (Å²) in [6, 6.07) is 0. The molecule has 0 heterocycles. The first-order valence-electron chi connectivity index (χ1n) is 9.24. The minimum absolute atomic E-state index is 0.0369. The second-order valence-electron chi connectivity index (χ2n) is 7.44. The number of carbonyl (C=O) groups is 1. The van der Waals surface area contributed by atoms with Crippen LogP contribution in [0.1, 0.15) is 70.6 Å². The lowest BCUT2D eigenvalue weighted by molar-refractivity contribution is -0.132. The highest BCUT2D eigenvalue weighted by molar-refractivity contribution is 7.81. The van der Waals surface area contributed by atoms with Gasteiger partial charge in [-0.3, -0.25) is 5.41 Å². The van der Waals surface area contributed by atoms with Crippen molar-refractivity contribution < 1.29 is 19.7 Å². The quantitative estimate of drug-likeness (QED) is 0.309. The number of carboxylic acid groups (broad SMARTS) is 1. The van der Waals surface area contributed by atoms with Crippen LogP contribution in [0, 0.1) is 17.2 Å². The van der Waals surface area contributed by atoms with Crippen LogP contribution in [-0.4, -0.2) is 32.5 Å². The van der Waals surface area contributed by atoms with Crippen LogP contribution in [0.3, 0.4) is 0 Å². The lowest BCUT2D eigenvalue weighted by Crippen LogP contribution is -2.19. The van der Waals surface area contributed by atoms with E-state index >= 15 is 0 Å². The summed E-state index contributed by atoms with van der Waals surface area (Å²) in [4.78, 5) is 32.3. The van der Waals surface area contributed by atoms with Crippen molar-refractivity contribution in [1.82, 2.24) is 0 Å². The van der Waals surface area contributed by atoms with Crippen molar-refractivity contribution in [3.63, 3.8) is 0 Å². The first-order valence-corrected chi connectivity index (χ1v) is 11.1. The smallest absolute Gasteiger partial charge is 0.335 e. The molecule has 0 radical (unpaired) electrons. The van der Waals surface area contributed by atoms with Gasteiger partial charge in [0.2, 0.25) is 5.45 Å². The van der Waals surface area contributed by atoms with Crippen molar-refractivity contribution in [3.05, 3.63) is 11.6 Å². The van der Waals surface area contributed by atoms with E-state index in [-0.39, 0.29) is 23.1 Å². The van der Waals surface area contributed by atoms with Crippen LogP contribution in [0.25, 0.3) is 0 Å². The maximum atomic E-state index is 11.5. The summed E-state index contributed by atoms with van der Waals surface area (Å²) in [5.41, 5.74) is 0.0406. The molecule has 2 saturated carbocycles. The Balaban J connectivity index is 1.98. The summed E-state index contributed by atoms with van der Waals surface area (Å²) in [6.45, 7) is 0. The van der Waals surface area contributed by atoms with Gasteiger partial charge in [0.05, 0.1) is 5.57 Å². The molecule has 0 bridgehead atoms. The maximum absolute atomic E-state index is 11.5. The molecule has 0 aromatic heterocycles. The molecule has 0 aromatic carbocycles. The highest BCUT2D eigenvalue weighted by atomic mass is 31.2. The second-order valence-corrected chi connectivity index (χ2v) is 9.76. The van der Waals surface area contributed by atoms with Gasteiger partial charge in [0.1, 0.15) is 6.16 Å². The van der Waals surface area contributed by atoms with E-state index in [1.165, 1.54) is 12.8 Å². The van der Waals surface area contributed by atoms with E-state index in [0.29, 0.717) is 12.3 Å². The van der Waals surface area contributed by atoms with Crippen LogP contribution in [0.2, 0.25) is 0 Å². The molecule has 2 fully saturated rings. The largest absolute Gasteiger partial charge is 0.478 e. The lowest BCUT2D eigenvalue weighted by atomic mass is 9.87. The number of rotatable bonds is 7. The second kappa shape index (κ2) is 9.07. The Morgan fingerprint density at radius 3 is 2.08 bits per heavy atom. The van der Waals surface area contributed by atoms with Crippen molar-refractivity contribution in [2.75, 3.05) is 6.16 Å². The number of hydrogen-bond acceptors (Lipinski definition) is 4. The van der Waals surface area contributed by atoms with E-state index in [4.69, 9.17) is 5.41 Å². The Bertz CT molecular complexity index is 477. The number of nitrogens with one attached hydrogen (secondary N) is 1. The number of allylic oxidation sites excluding steroid dienone is 1. The van der Waals surface area contributed by atoms with Gasteiger partial charge in [-0.15, -0.1) is 0 Å². The summed E-state index contributed by atoms with van der Waals surface area (Å²) in [5.74, 6) is -0.517. The van der Waals surface area contributed by atoms with Crippen molar-refractivity contribution in [3.8, 4) is 0 Å². The fraction of sp³-hybridized carbons (Fsp3) is 0.778. The van der Waals surface area contributed by atoms with E-state index < -0.39 is 13.7 Å². The predicted octanol–water partition coefficient (Wildman–Crippen LogP) is 4.36. The Labute approximate surface area is 145 Å². The van der Waals surface area contributed by atoms with Crippen LogP contribution in [0.5, 0.6) is 0 Å². The van der Waals surface area contributed by atoms with E-state index in [0.717, 1.165) is 51.4 Å². The fourth-order valence-corrected chi connectivity index (χ4v) is 5.38. The highest BCUT2D eigenvalue weighted by Crippen LogP contribution is 2.54. The molecule has 0 aliphatic heterocycles. The summed E-state index contributed by atoms with van der Waals surface area (Å²) in [5, 5.41) is 17.5. The molecular formula is C18H31NO4P+. The van der Waals surface area contributed by atoms with Crippen molar-refractivity contribution in [2.24, 2.45) is 11.8 Å². The Morgan fingerprint density at radius 1 is 1.00 bits per heavy atom. The van der Waals surface area contributed by atoms with Crippen molar-refractivity contribution in [2.45, 2.75) is 70.6 Å². The van der Waals surface area contributed by atoms with Crippen LogP contribution in [-0.2, 0) is 4.79 Å². The third-order valence-electron chi connectivity index (χ3n) is 5.39. The molecule has 4 N–H and O–H groups in total. The molecule has 2 aliphatic rings. The number of aliphatic carboxylic acids is 1. The van der Waals surface area contributed by atoms with Gasteiger partial charge in [0, 0.05) is 6.42 Å². The van der Waals surface area contributed by atoms with Crippen LogP contribution >= 0.6 is 7.72 Å². The van der Waals surface area contributed by atoms with E-state index in [9.17, 15) is 19.7 Å². The van der Waals surface area contributed by atoms with Gasteiger partial charge in [0.15, 0.2) is 0 Å². The molecule has 6 heteroatoms. The molecule has 0 saturated heterocycles. The Hall–Kier alpha value is -0.770. The molecule has 5 nitrogen and oxygen atoms in total. The maximum Gasteiger partial charge on any atom is 0.335 e. The summed E-state index contributed by atoms with van der Waals surface area (Å²) in [7, 11) is -3.64. The van der Waals surface area contributed by atoms with Gasteiger partial charge in [-0.05, 0) is 37.5 Å². The molecule has 24 heavy (non-hydrogen) atoms. The van der Waals surface area contributed by atoms with Crippen LogP contribution in [0.4, 0.5) is 0 Å². The zero-order valence-electron chi connectivity index (χ0n) is 14.4. The molecule has 0 aromatic rings. The minimum atomic E-state index is -3.64. The zero-order valence-corrected chi connectivity index (χ0v) is 15.3. The lowest BCUT2D eigenvalue weighted by Gasteiger charge is -2.23. The van der Waals surface area contributed by atoms with Gasteiger partial charge in [-0.25, -0.2) is 14.6 Å². The number of hydrogen-bond donors (Lipinski definition) is 4. The van der Waals surface area contributed by atoms with Gasteiger partial charge < -0.3 is 5.11 Å². The topological polar surface area (TPSA) is 102 Å². The molecule has 2 aliphatic carbocycles. The van der Waals surface area contributed by atoms with Gasteiger partial charge in [-0.2, -0.15) is 0 Å². The van der Waals surface area contributed by atoms with Gasteiger partial charge in [-0.1, -0.05) is 44.6 Å². The fourth-order valence-electron chi connectivity index (χ4n) is 3.92. The molecule has 2 rings (SSSR count). The van der Waals surface area contributed by atoms with E-state index in [2.05, 4.69) is 0 Å². The van der Waals surface area contributed by atoms with Crippen LogP contribution < -0.4 is 0 Å². The monoisotopic (exact) mass is 356 g/mol. The van der Waals surface area contributed by atoms with Crippen molar-refractivity contribution in [1.29, 1.82) is 5.41 Å². The average molecular weight is 356 g/mol. The third-order valence-corrected chi connectivity index (χ3v) is 7.22. The summed E-state index contributed by atoms with van der Waals surface area (Å²) >= 11 is 0. The standard InChI is InChI=1S/C18H30NO4P/c19-17(12-15-9-5-2-6-10-15)24(22,23)13-16(18(20)21)11-14-7-3-1-4-8-14/h11,14-15,19,22-23H,1-10,12-13H2/p+1. The summed E-state index contributed by atoms with van der Waals surface area (Å²) in [6.07, 6.45) is 12.7. The zero-order chi connectivity index (χ0) is 17.6. The first-order chi connectivity index (χ1) is 11.4. The predicted molar refractivity (Wildman–Crippen MR) is 97.4 cm³/mol. The average Bonchev–Trinajstić information content (AvgIpc) is 2.56. The Morgan fingerprint density at radius 2 is 1.54 bits per heavy atom. The normalized spacial score (nSPS) is 21.7. The molecule has 0 atom stereocenters. The van der Waals surface area contributed by atoms with E-state index in [1.54, 1.807) is 6.08 Å². The first kappa shape index (κ1) is 19.6. The van der Waals surface area contributed by atoms with Gasteiger partial charge in [0.25, 0.3) is 0 Å². The molecule has 136 valence electrons. The van der Waals surface area contributed by atoms with Gasteiger partial charge >= 0.3 is 13.7 Å². The molecule has 0 amide bonds. The highest BCUT2D eigenvalue weighted by Gasteiger charge is 2.43. The molecular weight excluding hydrogens is 325 g/mol. The molecule has 0 spiro atoms. The van der Waals surface area contributed by atoms with E-state index in [1.807, 2.05) is 0 Å². The summed E-state index contributed by atoms with van der Waals surface area (Å²) < 4.78 is 0.